The van der Waals surface area contributed by atoms with E-state index in [9.17, 15) is 0 Å². The van der Waals surface area contributed by atoms with Crippen molar-refractivity contribution in [1.82, 2.24) is 0 Å². The summed E-state index contributed by atoms with van der Waals surface area (Å²) in [6.45, 7) is 16.7. The third-order valence-corrected chi connectivity index (χ3v) is 14.2. The monoisotopic (exact) mass is 833 g/mol. The fraction of sp³-hybridized carbons (Fsp3) is 0.226. The Morgan fingerprint density at radius 1 is 0.484 bits per heavy atom. The van der Waals surface area contributed by atoms with Crippen LogP contribution in [0.1, 0.15) is 104 Å². The quantitative estimate of drug-likeness (QED) is 0.122. The molecule has 2 heteroatoms. The lowest BCUT2D eigenvalue weighted by Gasteiger charge is -2.35. The third kappa shape index (κ3) is 7.05. The van der Waals surface area contributed by atoms with Gasteiger partial charge in [0.05, 0.1) is 5.41 Å². The van der Waals surface area contributed by atoms with E-state index in [1.165, 1.54) is 78.7 Å². The third-order valence-electron chi connectivity index (χ3n) is 14.2. The Hall–Kier alpha value is -6.64. The van der Waals surface area contributed by atoms with Gasteiger partial charge < -0.3 is 9.64 Å². The minimum Gasteiger partial charge on any atom is -0.489 e. The number of benzene rings is 8. The summed E-state index contributed by atoms with van der Waals surface area (Å²) in [5, 5.41) is 0. The highest BCUT2D eigenvalue weighted by molar-refractivity contribution is 5.90. The summed E-state index contributed by atoms with van der Waals surface area (Å²) < 4.78 is 6.52. The van der Waals surface area contributed by atoms with Gasteiger partial charge in [0.25, 0.3) is 0 Å². The molecule has 10 rings (SSSR count). The molecule has 0 heterocycles. The average Bonchev–Trinajstić information content (AvgIpc) is 3.73. The van der Waals surface area contributed by atoms with Crippen molar-refractivity contribution in [3.63, 3.8) is 0 Å². The molecule has 0 spiro atoms. The topological polar surface area (TPSA) is 12.5 Å². The van der Waals surface area contributed by atoms with Crippen molar-refractivity contribution in [3.05, 3.63) is 238 Å². The van der Waals surface area contributed by atoms with E-state index in [1.54, 1.807) is 0 Å². The molecule has 0 N–H and O–H groups in total. The van der Waals surface area contributed by atoms with Gasteiger partial charge in [-0.3, -0.25) is 0 Å². The molecule has 2 aliphatic carbocycles. The van der Waals surface area contributed by atoms with Gasteiger partial charge in [-0.05, 0) is 146 Å². The summed E-state index contributed by atoms with van der Waals surface area (Å²) in [4.78, 5) is 2.44. The van der Waals surface area contributed by atoms with Crippen LogP contribution in [0.5, 0.6) is 5.75 Å². The molecular weight excluding hydrogens is 775 g/mol. The lowest BCUT2D eigenvalue weighted by molar-refractivity contribution is 0.306. The van der Waals surface area contributed by atoms with Crippen molar-refractivity contribution in [1.29, 1.82) is 0 Å². The summed E-state index contributed by atoms with van der Waals surface area (Å²) in [6.07, 6.45) is 1.20. The smallest absolute Gasteiger partial charge is 0.119 e. The summed E-state index contributed by atoms with van der Waals surface area (Å²) in [7, 11) is 0. The molecule has 2 unspecified atom stereocenters. The zero-order valence-corrected chi connectivity index (χ0v) is 38.4. The van der Waals surface area contributed by atoms with Crippen LogP contribution in [0.4, 0.5) is 17.1 Å². The highest BCUT2D eigenvalue weighted by atomic mass is 16.5. The summed E-state index contributed by atoms with van der Waals surface area (Å²) in [6, 6.07) is 70.2. The standard InChI is InChI=1S/C62H59NO/c1-41(2)37-56(42(3)4)45-25-23-44(24-26-45)40-64-51-33-29-47(30-34-51)62(46-27-21-43(5)22-28-46)58-20-14-12-18-53(58)55-36-32-50(39-60(55)62)63(48-15-9-8-10-16-48)49-31-35-54-52-17-11-13-19-57(52)61(6,7)59(54)38-49/h8-36,38-39,41-42,56H,37,40H2,1-7H3. The van der Waals surface area contributed by atoms with Gasteiger partial charge in [-0.25, -0.2) is 0 Å². The van der Waals surface area contributed by atoms with Crippen LogP contribution in [-0.2, 0) is 17.4 Å². The molecule has 2 atom stereocenters. The van der Waals surface area contributed by atoms with E-state index in [4.69, 9.17) is 4.74 Å². The predicted molar refractivity (Wildman–Crippen MR) is 269 cm³/mol. The lowest BCUT2D eigenvalue weighted by Crippen LogP contribution is -2.29. The maximum atomic E-state index is 6.52. The van der Waals surface area contributed by atoms with Crippen LogP contribution in [0, 0.1) is 18.8 Å². The van der Waals surface area contributed by atoms with Gasteiger partial charge >= 0.3 is 0 Å². The second-order valence-electron chi connectivity index (χ2n) is 19.5. The van der Waals surface area contributed by atoms with E-state index in [0.29, 0.717) is 24.4 Å². The SMILES string of the molecule is Cc1ccc(C2(c3ccc(OCc4ccc(C(CC(C)C)C(C)C)cc4)cc3)c3ccccc3-c3ccc(N(c4ccccc4)c4ccc5c(c4)C(C)(C)c4ccccc4-5)cc32)cc1. The number of fused-ring (bicyclic) bond motifs is 6. The van der Waals surface area contributed by atoms with Crippen LogP contribution >= 0.6 is 0 Å². The fourth-order valence-electron chi connectivity index (χ4n) is 11.0. The number of rotatable bonds is 12. The van der Waals surface area contributed by atoms with Crippen LogP contribution in [0.25, 0.3) is 22.3 Å². The molecule has 0 bridgehead atoms. The van der Waals surface area contributed by atoms with Crippen molar-refractivity contribution in [3.8, 4) is 28.0 Å². The first-order chi connectivity index (χ1) is 31.0. The minimum absolute atomic E-state index is 0.116. The minimum atomic E-state index is -0.573. The number of anilines is 3. The first-order valence-electron chi connectivity index (χ1n) is 23.3. The summed E-state index contributed by atoms with van der Waals surface area (Å²) in [5.41, 5.74) is 19.5. The number of aryl methyl sites for hydroxylation is 1. The molecule has 318 valence electrons. The molecule has 8 aromatic carbocycles. The molecule has 0 fully saturated rings. The van der Waals surface area contributed by atoms with Gasteiger partial charge in [-0.2, -0.15) is 0 Å². The normalized spacial score (nSPS) is 16.0. The molecular formula is C62H59NO. The van der Waals surface area contributed by atoms with Crippen LogP contribution in [-0.4, -0.2) is 0 Å². The van der Waals surface area contributed by atoms with Crippen molar-refractivity contribution in [2.75, 3.05) is 4.90 Å². The zero-order chi connectivity index (χ0) is 44.2. The van der Waals surface area contributed by atoms with Gasteiger partial charge in [0.2, 0.25) is 0 Å². The Morgan fingerprint density at radius 3 is 1.64 bits per heavy atom. The number of para-hydroxylation sites is 1. The first-order valence-corrected chi connectivity index (χ1v) is 23.3. The molecule has 8 aromatic rings. The lowest BCUT2D eigenvalue weighted by atomic mass is 9.67. The number of hydrogen-bond donors (Lipinski definition) is 0. The van der Waals surface area contributed by atoms with E-state index < -0.39 is 5.41 Å². The molecule has 0 aromatic heterocycles. The molecule has 0 amide bonds. The molecule has 0 radical (unpaired) electrons. The van der Waals surface area contributed by atoms with Crippen LogP contribution in [0.3, 0.4) is 0 Å². The molecule has 64 heavy (non-hydrogen) atoms. The van der Waals surface area contributed by atoms with Gasteiger partial charge in [-0.1, -0.05) is 187 Å². The molecule has 0 saturated heterocycles. The van der Waals surface area contributed by atoms with Crippen molar-refractivity contribution in [2.24, 2.45) is 11.8 Å². The first kappa shape index (κ1) is 41.4. The van der Waals surface area contributed by atoms with Crippen molar-refractivity contribution < 1.29 is 4.74 Å². The maximum absolute atomic E-state index is 6.52. The second-order valence-corrected chi connectivity index (χ2v) is 19.5. The molecule has 2 aliphatic rings. The van der Waals surface area contributed by atoms with E-state index in [1.807, 2.05) is 0 Å². The highest BCUT2D eigenvalue weighted by Gasteiger charge is 2.46. The van der Waals surface area contributed by atoms with E-state index in [-0.39, 0.29) is 5.41 Å². The zero-order valence-electron chi connectivity index (χ0n) is 38.4. The number of hydrogen-bond acceptors (Lipinski definition) is 2. The van der Waals surface area contributed by atoms with Crippen LogP contribution in [0.2, 0.25) is 0 Å². The van der Waals surface area contributed by atoms with E-state index in [2.05, 4.69) is 241 Å². The van der Waals surface area contributed by atoms with Gasteiger partial charge in [0.1, 0.15) is 12.4 Å². The Bertz CT molecular complexity index is 2940. The van der Waals surface area contributed by atoms with E-state index in [0.717, 1.165) is 22.8 Å². The van der Waals surface area contributed by atoms with Crippen molar-refractivity contribution in [2.45, 2.75) is 78.2 Å². The fourth-order valence-corrected chi connectivity index (χ4v) is 11.0. The van der Waals surface area contributed by atoms with Crippen LogP contribution in [0.15, 0.2) is 188 Å². The van der Waals surface area contributed by atoms with E-state index >= 15 is 0 Å². The number of nitrogens with zero attached hydrogens (tertiary/aromatic N) is 1. The summed E-state index contributed by atoms with van der Waals surface area (Å²) >= 11 is 0. The Balaban J connectivity index is 1.06. The number of ether oxygens (including phenoxy) is 1. The largest absolute Gasteiger partial charge is 0.489 e. The Kier molecular flexibility index (Phi) is 10.7. The molecule has 2 nitrogen and oxygen atoms in total. The Morgan fingerprint density at radius 2 is 1.02 bits per heavy atom. The maximum Gasteiger partial charge on any atom is 0.119 e. The van der Waals surface area contributed by atoms with Gasteiger partial charge in [0, 0.05) is 22.5 Å². The molecule has 0 aliphatic heterocycles. The Labute approximate surface area is 381 Å². The van der Waals surface area contributed by atoms with Crippen molar-refractivity contribution >= 4 is 17.1 Å². The molecule has 0 saturated carbocycles. The highest BCUT2D eigenvalue weighted by Crippen LogP contribution is 2.58. The predicted octanol–water partition coefficient (Wildman–Crippen LogP) is 16.5. The van der Waals surface area contributed by atoms with Gasteiger partial charge in [-0.15, -0.1) is 0 Å². The van der Waals surface area contributed by atoms with Gasteiger partial charge in [0.15, 0.2) is 0 Å². The second kappa shape index (κ2) is 16.5. The van der Waals surface area contributed by atoms with Crippen LogP contribution < -0.4 is 9.64 Å². The average molecular weight is 834 g/mol. The summed E-state index contributed by atoms with van der Waals surface area (Å²) in [5.74, 6) is 2.71.